The molecule has 0 radical (unpaired) electrons. The fourth-order valence-corrected chi connectivity index (χ4v) is 2.85. The molecule has 3 N–H and O–H groups in total. The molecule has 3 aromatic rings. The zero-order valence-corrected chi connectivity index (χ0v) is 10.8. The summed E-state index contributed by atoms with van der Waals surface area (Å²) in [5, 5.41) is 7.89. The van der Waals surface area contributed by atoms with Crippen LogP contribution in [0.25, 0.3) is 22.0 Å². The van der Waals surface area contributed by atoms with Gasteiger partial charge in [0.2, 0.25) is 0 Å². The van der Waals surface area contributed by atoms with Crippen LogP contribution in [0.2, 0.25) is 0 Å². The number of nitrogens with one attached hydrogen (secondary N) is 1. The van der Waals surface area contributed by atoms with Crippen LogP contribution in [0.1, 0.15) is 0 Å². The zero-order valence-electron chi connectivity index (χ0n) is 9.24. The van der Waals surface area contributed by atoms with E-state index < -0.39 is 0 Å². The molecule has 86 valence electrons. The lowest BCUT2D eigenvalue weighted by atomic mass is 10.0. The second kappa shape index (κ2) is 3.63. The summed E-state index contributed by atoms with van der Waals surface area (Å²) in [5.41, 5.74) is 9.06. The van der Waals surface area contributed by atoms with Crippen LogP contribution in [0.5, 0.6) is 0 Å². The van der Waals surface area contributed by atoms with Crippen molar-refractivity contribution in [3.05, 3.63) is 35.1 Å². The quantitative estimate of drug-likeness (QED) is 0.724. The van der Waals surface area contributed by atoms with E-state index in [-0.39, 0.29) is 0 Å². The van der Waals surface area contributed by atoms with Gasteiger partial charge in [0.25, 0.3) is 0 Å². The number of nitrogens with zero attached hydrogens (tertiary/aromatic N) is 2. The van der Waals surface area contributed by atoms with Crippen LogP contribution in [-0.2, 0) is 7.05 Å². The van der Waals surface area contributed by atoms with Crippen molar-refractivity contribution in [2.24, 2.45) is 7.05 Å². The van der Waals surface area contributed by atoms with Gasteiger partial charge in [-0.2, -0.15) is 5.10 Å². The summed E-state index contributed by atoms with van der Waals surface area (Å²) in [6.07, 6.45) is 3.80. The van der Waals surface area contributed by atoms with Crippen molar-refractivity contribution in [3.8, 4) is 11.1 Å². The van der Waals surface area contributed by atoms with Crippen LogP contribution >= 0.6 is 15.9 Å². The van der Waals surface area contributed by atoms with Gasteiger partial charge in [-0.3, -0.25) is 5.10 Å². The number of H-pyrrole nitrogens is 1. The average molecular weight is 291 g/mol. The Hall–Kier alpha value is -1.75. The van der Waals surface area contributed by atoms with Crippen molar-refractivity contribution >= 4 is 32.7 Å². The predicted octanol–water partition coefficient (Wildman–Crippen LogP) is 2.91. The monoisotopic (exact) mass is 290 g/mol. The molecule has 17 heavy (non-hydrogen) atoms. The van der Waals surface area contributed by atoms with Crippen LogP contribution in [-0.4, -0.2) is 14.8 Å². The number of aromatic amines is 1. The summed E-state index contributed by atoms with van der Waals surface area (Å²) >= 11 is 3.59. The third-order valence-electron chi connectivity index (χ3n) is 2.93. The van der Waals surface area contributed by atoms with E-state index in [1.165, 1.54) is 0 Å². The molecule has 2 heterocycles. The minimum absolute atomic E-state index is 0.591. The van der Waals surface area contributed by atoms with Crippen molar-refractivity contribution in [2.75, 3.05) is 5.73 Å². The third-order valence-corrected chi connectivity index (χ3v) is 3.53. The van der Waals surface area contributed by atoms with E-state index in [4.69, 9.17) is 5.73 Å². The van der Waals surface area contributed by atoms with Crippen LogP contribution in [0.3, 0.4) is 0 Å². The molecule has 0 aliphatic rings. The largest absolute Gasteiger partial charge is 0.384 e. The molecule has 4 nitrogen and oxygen atoms in total. The number of aromatic nitrogens is 3. The van der Waals surface area contributed by atoms with Gasteiger partial charge >= 0.3 is 0 Å². The Bertz CT molecular complexity index is 696. The third kappa shape index (κ3) is 1.46. The van der Waals surface area contributed by atoms with E-state index in [0.29, 0.717) is 5.82 Å². The van der Waals surface area contributed by atoms with Gasteiger partial charge in [-0.25, -0.2) is 0 Å². The van der Waals surface area contributed by atoms with Gasteiger partial charge in [-0.15, -0.1) is 0 Å². The fraction of sp³-hybridized carbons (Fsp3) is 0.0833. The number of fused-ring (bicyclic) bond motifs is 1. The number of anilines is 1. The molecule has 0 fully saturated rings. The summed E-state index contributed by atoms with van der Waals surface area (Å²) in [6, 6.07) is 6.16. The van der Waals surface area contributed by atoms with Gasteiger partial charge in [0.05, 0.1) is 6.20 Å². The highest BCUT2D eigenvalue weighted by atomic mass is 79.9. The molecule has 0 atom stereocenters. The lowest BCUT2D eigenvalue weighted by Gasteiger charge is -2.03. The van der Waals surface area contributed by atoms with Gasteiger partial charge in [-0.05, 0) is 27.6 Å². The van der Waals surface area contributed by atoms with E-state index in [1.807, 2.05) is 25.4 Å². The number of nitrogen functional groups attached to an aromatic ring is 1. The molecular weight excluding hydrogens is 280 g/mol. The van der Waals surface area contributed by atoms with Gasteiger partial charge < -0.3 is 10.3 Å². The molecule has 0 bridgehead atoms. The summed E-state index contributed by atoms with van der Waals surface area (Å²) < 4.78 is 3.14. The molecule has 2 aromatic heterocycles. The molecule has 1 aromatic carbocycles. The van der Waals surface area contributed by atoms with Crippen molar-refractivity contribution in [1.29, 1.82) is 0 Å². The van der Waals surface area contributed by atoms with Crippen LogP contribution in [0.4, 0.5) is 5.82 Å². The van der Waals surface area contributed by atoms with E-state index >= 15 is 0 Å². The van der Waals surface area contributed by atoms with E-state index in [2.05, 4.69) is 36.8 Å². The van der Waals surface area contributed by atoms with Crippen LogP contribution < -0.4 is 5.73 Å². The van der Waals surface area contributed by atoms with Gasteiger partial charge in [0, 0.05) is 34.2 Å². The number of halogens is 1. The summed E-state index contributed by atoms with van der Waals surface area (Å²) in [7, 11) is 2.02. The topological polar surface area (TPSA) is 59.6 Å². The highest BCUT2D eigenvalue weighted by Crippen LogP contribution is 2.36. The van der Waals surface area contributed by atoms with Crippen molar-refractivity contribution in [1.82, 2.24) is 14.8 Å². The predicted molar refractivity (Wildman–Crippen MR) is 72.6 cm³/mol. The first-order valence-electron chi connectivity index (χ1n) is 5.21. The Morgan fingerprint density at radius 1 is 1.35 bits per heavy atom. The number of hydrogen-bond acceptors (Lipinski definition) is 2. The highest BCUT2D eigenvalue weighted by molar-refractivity contribution is 9.10. The maximum absolute atomic E-state index is 5.88. The molecule has 0 spiro atoms. The zero-order chi connectivity index (χ0) is 12.0. The van der Waals surface area contributed by atoms with Crippen molar-refractivity contribution in [2.45, 2.75) is 0 Å². The maximum atomic E-state index is 5.88. The number of aryl methyl sites for hydroxylation is 1. The van der Waals surface area contributed by atoms with Gasteiger partial charge in [0.15, 0.2) is 0 Å². The molecule has 0 amide bonds. The Balaban J connectivity index is 2.42. The number of benzene rings is 1. The summed E-state index contributed by atoms with van der Waals surface area (Å²) in [5.74, 6) is 0.591. The number of hydrogen-bond donors (Lipinski definition) is 2. The molecular formula is C12H11BrN4. The standard InChI is InChI=1S/C12H11BrN4/c1-17-6-9(13)11-7(3-2-4-10(11)17)8-5-15-16-12(8)14/h2-6H,1H3,(H3,14,15,16). The minimum atomic E-state index is 0.591. The minimum Gasteiger partial charge on any atom is -0.384 e. The lowest BCUT2D eigenvalue weighted by Crippen LogP contribution is -1.89. The van der Waals surface area contributed by atoms with Gasteiger partial charge in [-0.1, -0.05) is 12.1 Å². The molecule has 0 saturated heterocycles. The molecule has 0 aliphatic carbocycles. The molecule has 5 heteroatoms. The van der Waals surface area contributed by atoms with Crippen LogP contribution in [0, 0.1) is 0 Å². The normalized spacial score (nSPS) is 11.2. The SMILES string of the molecule is Cn1cc(Br)c2c(-c3cn[nH]c3N)cccc21. The summed E-state index contributed by atoms with van der Waals surface area (Å²) in [6.45, 7) is 0. The van der Waals surface area contributed by atoms with E-state index in [9.17, 15) is 0 Å². The van der Waals surface area contributed by atoms with Crippen molar-refractivity contribution < 1.29 is 0 Å². The van der Waals surface area contributed by atoms with E-state index in [1.54, 1.807) is 6.20 Å². The first-order chi connectivity index (χ1) is 8.18. The number of nitrogens with two attached hydrogens (primary N) is 1. The molecule has 0 saturated carbocycles. The Kier molecular flexibility index (Phi) is 2.22. The Labute approximate surface area is 107 Å². The highest BCUT2D eigenvalue weighted by Gasteiger charge is 2.13. The maximum Gasteiger partial charge on any atom is 0.126 e. The van der Waals surface area contributed by atoms with Crippen molar-refractivity contribution in [3.63, 3.8) is 0 Å². The first kappa shape index (κ1) is 10.4. The Morgan fingerprint density at radius 2 is 2.18 bits per heavy atom. The molecule has 0 aliphatic heterocycles. The van der Waals surface area contributed by atoms with E-state index in [0.717, 1.165) is 26.5 Å². The Morgan fingerprint density at radius 3 is 2.88 bits per heavy atom. The molecule has 0 unspecified atom stereocenters. The second-order valence-corrected chi connectivity index (χ2v) is 4.84. The fourth-order valence-electron chi connectivity index (χ4n) is 2.12. The second-order valence-electron chi connectivity index (χ2n) is 3.98. The van der Waals surface area contributed by atoms with Crippen LogP contribution in [0.15, 0.2) is 35.1 Å². The molecule has 3 rings (SSSR count). The smallest absolute Gasteiger partial charge is 0.126 e. The number of rotatable bonds is 1. The van der Waals surface area contributed by atoms with Gasteiger partial charge in [0.1, 0.15) is 5.82 Å². The average Bonchev–Trinajstić information content (AvgIpc) is 2.85. The summed E-state index contributed by atoms with van der Waals surface area (Å²) in [4.78, 5) is 0. The lowest BCUT2D eigenvalue weighted by molar-refractivity contribution is 0.967. The first-order valence-corrected chi connectivity index (χ1v) is 6.00.